The molecule has 0 radical (unpaired) electrons. The number of hydrogen-bond donors (Lipinski definition) is 0. The first kappa shape index (κ1) is 18.0. The van der Waals surface area contributed by atoms with Crippen LogP contribution in [0.5, 0.6) is 0 Å². The van der Waals surface area contributed by atoms with Crippen molar-refractivity contribution in [3.8, 4) is 6.07 Å². The Labute approximate surface area is 135 Å². The lowest BCUT2D eigenvalue weighted by Gasteiger charge is -2.01. The van der Waals surface area contributed by atoms with Crippen LogP contribution in [-0.2, 0) is 14.4 Å². The van der Waals surface area contributed by atoms with Crippen LogP contribution in [0.4, 0.5) is 0 Å². The zero-order valence-electron chi connectivity index (χ0n) is 12.5. The van der Waals surface area contributed by atoms with Crippen molar-refractivity contribution >= 4 is 32.5 Å². The Balaban J connectivity index is 0.00000116. The number of oxime groups is 1. The van der Waals surface area contributed by atoms with Gasteiger partial charge in [0.1, 0.15) is 11.1 Å². The average molecular weight is 336 g/mol. The van der Waals surface area contributed by atoms with Gasteiger partial charge in [0.25, 0.3) is 0 Å². The molecule has 0 spiro atoms. The number of hydrogen-bond acceptors (Lipinski definition) is 6. The van der Waals surface area contributed by atoms with Crippen LogP contribution in [0.1, 0.15) is 19.4 Å². The van der Waals surface area contributed by atoms with E-state index >= 15 is 0 Å². The van der Waals surface area contributed by atoms with Crippen molar-refractivity contribution in [2.75, 3.05) is 6.26 Å². The van der Waals surface area contributed by atoms with Gasteiger partial charge in [-0.25, -0.2) is 0 Å². The van der Waals surface area contributed by atoms with Crippen molar-refractivity contribution in [1.29, 1.82) is 5.26 Å². The van der Waals surface area contributed by atoms with E-state index in [0.717, 1.165) is 11.8 Å². The summed E-state index contributed by atoms with van der Waals surface area (Å²) in [5.74, 6) is 0. The first-order chi connectivity index (χ1) is 10.5. The van der Waals surface area contributed by atoms with E-state index in [0.29, 0.717) is 15.5 Å². The van der Waals surface area contributed by atoms with E-state index in [1.54, 1.807) is 12.2 Å². The SMILES string of the molecule is CC.CS(=O)(=O)ON=C1C=CC(=C(C#N)c2ccccc2)S1. The maximum atomic E-state index is 10.9. The molecule has 2 rings (SSSR count). The fourth-order valence-electron chi connectivity index (χ4n) is 1.48. The Kier molecular flexibility index (Phi) is 6.89. The summed E-state index contributed by atoms with van der Waals surface area (Å²) in [4.78, 5) is 0.703. The van der Waals surface area contributed by atoms with Gasteiger partial charge in [-0.3, -0.25) is 4.28 Å². The Morgan fingerprint density at radius 3 is 2.41 bits per heavy atom. The van der Waals surface area contributed by atoms with Gasteiger partial charge < -0.3 is 0 Å². The topological polar surface area (TPSA) is 79.5 Å². The second-order valence-electron chi connectivity index (χ2n) is 3.86. The summed E-state index contributed by atoms with van der Waals surface area (Å²) in [6.07, 6.45) is 4.23. The number of rotatable bonds is 3. The molecule has 1 heterocycles. The van der Waals surface area contributed by atoms with Crippen LogP contribution in [0.3, 0.4) is 0 Å². The third-order valence-corrected chi connectivity index (χ3v) is 3.60. The molecule has 0 bridgehead atoms. The Morgan fingerprint density at radius 1 is 1.23 bits per heavy atom. The second-order valence-corrected chi connectivity index (χ2v) is 6.48. The minimum absolute atomic E-state index is 0.383. The fourth-order valence-corrected chi connectivity index (χ4v) is 2.58. The van der Waals surface area contributed by atoms with Crippen LogP contribution in [0.2, 0.25) is 0 Å². The summed E-state index contributed by atoms with van der Waals surface area (Å²) in [6, 6.07) is 11.4. The van der Waals surface area contributed by atoms with Crippen LogP contribution in [0.15, 0.2) is 52.5 Å². The zero-order chi connectivity index (χ0) is 16.6. The molecule has 0 saturated carbocycles. The monoisotopic (exact) mass is 336 g/mol. The predicted molar refractivity (Wildman–Crippen MR) is 90.4 cm³/mol. The maximum absolute atomic E-state index is 10.9. The number of benzene rings is 1. The third-order valence-electron chi connectivity index (χ3n) is 2.28. The molecule has 1 aromatic carbocycles. The van der Waals surface area contributed by atoms with Crippen molar-refractivity contribution in [3.05, 3.63) is 53.0 Å². The Hall–Kier alpha value is -2.04. The van der Waals surface area contributed by atoms with Gasteiger partial charge in [-0.05, 0) is 17.7 Å². The standard InChI is InChI=1S/C13H10N2O3S2.C2H6/c1-20(16,17)18-15-13-8-7-12(19-13)11(9-14)10-5-3-2-4-6-10;1-2/h2-8H,1H3;1-2H3. The first-order valence-corrected chi connectivity index (χ1v) is 9.15. The van der Waals surface area contributed by atoms with E-state index in [4.69, 9.17) is 0 Å². The smallest absolute Gasteiger partial charge is 0.268 e. The summed E-state index contributed by atoms with van der Waals surface area (Å²) in [5, 5.41) is 13.2. The van der Waals surface area contributed by atoms with Crippen molar-refractivity contribution < 1.29 is 12.7 Å². The van der Waals surface area contributed by atoms with E-state index < -0.39 is 10.1 Å². The average Bonchev–Trinajstić information content (AvgIpc) is 2.97. The highest BCUT2D eigenvalue weighted by atomic mass is 32.2. The molecule has 0 aromatic heterocycles. The second kappa shape index (κ2) is 8.41. The van der Waals surface area contributed by atoms with Gasteiger partial charge >= 0.3 is 10.1 Å². The molecule has 22 heavy (non-hydrogen) atoms. The molecule has 7 heteroatoms. The van der Waals surface area contributed by atoms with Crippen LogP contribution < -0.4 is 0 Å². The molecule has 116 valence electrons. The molecule has 0 amide bonds. The zero-order valence-corrected chi connectivity index (χ0v) is 14.1. The van der Waals surface area contributed by atoms with Crippen molar-refractivity contribution in [3.63, 3.8) is 0 Å². The van der Waals surface area contributed by atoms with Gasteiger partial charge in [-0.15, -0.1) is 0 Å². The van der Waals surface area contributed by atoms with Crippen LogP contribution in [0.25, 0.3) is 5.57 Å². The van der Waals surface area contributed by atoms with Gasteiger partial charge in [-0.1, -0.05) is 61.1 Å². The summed E-state index contributed by atoms with van der Waals surface area (Å²) in [6.45, 7) is 4.00. The molecule has 0 atom stereocenters. The maximum Gasteiger partial charge on any atom is 0.325 e. The lowest BCUT2D eigenvalue weighted by atomic mass is 10.1. The molecule has 1 aromatic rings. The Morgan fingerprint density at radius 2 is 1.86 bits per heavy atom. The van der Waals surface area contributed by atoms with Gasteiger partial charge in [0, 0.05) is 4.91 Å². The minimum Gasteiger partial charge on any atom is -0.268 e. The summed E-state index contributed by atoms with van der Waals surface area (Å²) < 4.78 is 26.1. The molecular weight excluding hydrogens is 320 g/mol. The van der Waals surface area contributed by atoms with E-state index in [-0.39, 0.29) is 0 Å². The van der Waals surface area contributed by atoms with E-state index in [9.17, 15) is 13.7 Å². The number of nitriles is 1. The molecule has 0 unspecified atom stereocenters. The lowest BCUT2D eigenvalue weighted by Crippen LogP contribution is -1.98. The van der Waals surface area contributed by atoms with Crippen molar-refractivity contribution in [2.24, 2.45) is 5.16 Å². The van der Waals surface area contributed by atoms with Crippen molar-refractivity contribution in [2.45, 2.75) is 13.8 Å². The predicted octanol–water partition coefficient (Wildman–Crippen LogP) is 3.54. The van der Waals surface area contributed by atoms with Crippen LogP contribution in [-0.4, -0.2) is 19.7 Å². The van der Waals surface area contributed by atoms with Crippen molar-refractivity contribution in [1.82, 2.24) is 0 Å². The summed E-state index contributed by atoms with van der Waals surface area (Å²) in [5.41, 5.74) is 1.31. The molecular formula is C15H16N2O3S2. The normalized spacial score (nSPS) is 17.5. The summed E-state index contributed by atoms with van der Waals surface area (Å²) >= 11 is 1.19. The van der Waals surface area contributed by atoms with E-state index in [1.807, 2.05) is 44.2 Å². The largest absolute Gasteiger partial charge is 0.325 e. The molecule has 1 aliphatic rings. The van der Waals surface area contributed by atoms with Crippen LogP contribution in [0, 0.1) is 11.3 Å². The minimum atomic E-state index is -3.62. The highest BCUT2D eigenvalue weighted by Crippen LogP contribution is 2.33. The lowest BCUT2D eigenvalue weighted by molar-refractivity contribution is 0.345. The summed E-state index contributed by atoms with van der Waals surface area (Å²) in [7, 11) is -3.62. The van der Waals surface area contributed by atoms with E-state index in [2.05, 4.69) is 15.5 Å². The third kappa shape index (κ3) is 5.39. The molecule has 1 aliphatic heterocycles. The molecule has 0 N–H and O–H groups in total. The highest BCUT2D eigenvalue weighted by Gasteiger charge is 2.16. The first-order valence-electron chi connectivity index (χ1n) is 6.52. The Bertz CT molecular complexity index is 743. The van der Waals surface area contributed by atoms with Gasteiger partial charge in [0.15, 0.2) is 0 Å². The number of thioether (sulfide) groups is 1. The molecule has 0 fully saturated rings. The molecule has 0 aliphatic carbocycles. The highest BCUT2D eigenvalue weighted by molar-refractivity contribution is 8.18. The van der Waals surface area contributed by atoms with E-state index in [1.165, 1.54) is 11.8 Å². The quantitative estimate of drug-likeness (QED) is 0.623. The number of allylic oxidation sites excluding steroid dienone is 2. The van der Waals surface area contributed by atoms with Gasteiger partial charge in [-0.2, -0.15) is 13.7 Å². The van der Waals surface area contributed by atoms with Crippen LogP contribution >= 0.6 is 11.8 Å². The number of nitrogens with zero attached hydrogens (tertiary/aromatic N) is 2. The van der Waals surface area contributed by atoms with Gasteiger partial charge in [0.05, 0.1) is 11.8 Å². The fraction of sp³-hybridized carbons (Fsp3) is 0.200. The molecule has 5 nitrogen and oxygen atoms in total. The van der Waals surface area contributed by atoms with Gasteiger partial charge in [0.2, 0.25) is 0 Å². The molecule has 0 saturated heterocycles.